The van der Waals surface area contributed by atoms with Gasteiger partial charge in [-0.05, 0) is 37.1 Å². The Bertz CT molecular complexity index is 792. The Hall–Kier alpha value is -1.99. The SMILES string of the molecule is CCc1nnc(NC(=O)C2(C)Cc3cc(Cl)ccc3C(=O)O2)s1. The van der Waals surface area contributed by atoms with Gasteiger partial charge in [-0.25, -0.2) is 4.79 Å². The van der Waals surface area contributed by atoms with Crippen LogP contribution in [0, 0.1) is 0 Å². The van der Waals surface area contributed by atoms with Crippen molar-refractivity contribution in [3.05, 3.63) is 39.4 Å². The molecule has 2 aromatic rings. The van der Waals surface area contributed by atoms with Gasteiger partial charge in [0.2, 0.25) is 5.13 Å². The number of benzene rings is 1. The zero-order valence-corrected chi connectivity index (χ0v) is 14.1. The lowest BCUT2D eigenvalue weighted by Gasteiger charge is -2.32. The number of halogens is 1. The third kappa shape index (κ3) is 3.07. The molecule has 0 aliphatic carbocycles. The van der Waals surface area contributed by atoms with Crippen molar-refractivity contribution in [3.8, 4) is 0 Å². The van der Waals surface area contributed by atoms with Crippen LogP contribution in [0.4, 0.5) is 5.13 Å². The van der Waals surface area contributed by atoms with Crippen molar-refractivity contribution in [1.29, 1.82) is 0 Å². The van der Waals surface area contributed by atoms with Gasteiger partial charge in [-0.15, -0.1) is 10.2 Å². The van der Waals surface area contributed by atoms with Crippen molar-refractivity contribution in [2.75, 3.05) is 5.32 Å². The molecule has 6 nitrogen and oxygen atoms in total. The number of aromatic nitrogens is 2. The van der Waals surface area contributed by atoms with Gasteiger partial charge in [-0.1, -0.05) is 29.9 Å². The average Bonchev–Trinajstić information content (AvgIpc) is 2.94. The van der Waals surface area contributed by atoms with Gasteiger partial charge in [0.15, 0.2) is 5.60 Å². The van der Waals surface area contributed by atoms with E-state index in [9.17, 15) is 9.59 Å². The second-order valence-electron chi connectivity index (χ2n) is 5.41. The van der Waals surface area contributed by atoms with Crippen molar-refractivity contribution < 1.29 is 14.3 Å². The summed E-state index contributed by atoms with van der Waals surface area (Å²) in [7, 11) is 0. The summed E-state index contributed by atoms with van der Waals surface area (Å²) in [6.07, 6.45) is 0.992. The fourth-order valence-corrected chi connectivity index (χ4v) is 3.24. The van der Waals surface area contributed by atoms with Crippen LogP contribution >= 0.6 is 22.9 Å². The number of esters is 1. The van der Waals surface area contributed by atoms with Crippen LogP contribution in [-0.2, 0) is 22.4 Å². The summed E-state index contributed by atoms with van der Waals surface area (Å²) < 4.78 is 5.37. The first-order valence-corrected chi connectivity index (χ1v) is 8.26. The number of cyclic esters (lactones) is 1. The number of carbonyl (C=O) groups excluding carboxylic acids is 2. The van der Waals surface area contributed by atoms with Crippen LogP contribution in [0.2, 0.25) is 5.02 Å². The van der Waals surface area contributed by atoms with E-state index in [-0.39, 0.29) is 6.42 Å². The Morgan fingerprint density at radius 1 is 1.48 bits per heavy atom. The lowest BCUT2D eigenvalue weighted by atomic mass is 9.89. The molecule has 1 unspecified atom stereocenters. The molecular formula is C15H14ClN3O3S. The molecule has 0 fully saturated rings. The Morgan fingerprint density at radius 2 is 2.26 bits per heavy atom. The second-order valence-corrected chi connectivity index (χ2v) is 6.91. The van der Waals surface area contributed by atoms with Crippen molar-refractivity contribution in [1.82, 2.24) is 10.2 Å². The number of hydrogen-bond acceptors (Lipinski definition) is 6. The van der Waals surface area contributed by atoms with Crippen molar-refractivity contribution in [2.24, 2.45) is 0 Å². The van der Waals surface area contributed by atoms with Gasteiger partial charge in [-0.2, -0.15) is 0 Å². The molecule has 1 aromatic carbocycles. The van der Waals surface area contributed by atoms with E-state index in [1.807, 2.05) is 6.92 Å². The third-order valence-electron chi connectivity index (χ3n) is 3.60. The van der Waals surface area contributed by atoms with E-state index in [0.717, 1.165) is 11.4 Å². The van der Waals surface area contributed by atoms with E-state index in [4.69, 9.17) is 16.3 Å². The maximum absolute atomic E-state index is 12.5. The molecule has 2 heterocycles. The molecule has 1 aliphatic heterocycles. The minimum absolute atomic E-state index is 0.250. The highest BCUT2D eigenvalue weighted by Crippen LogP contribution is 2.31. The molecule has 8 heteroatoms. The molecule has 1 amide bonds. The predicted octanol–water partition coefficient (Wildman–Crippen LogP) is 2.86. The molecule has 0 saturated carbocycles. The van der Waals surface area contributed by atoms with Crippen LogP contribution in [0.3, 0.4) is 0 Å². The van der Waals surface area contributed by atoms with Crippen LogP contribution in [0.25, 0.3) is 0 Å². The maximum Gasteiger partial charge on any atom is 0.339 e. The minimum Gasteiger partial charge on any atom is -0.445 e. The standard InChI is InChI=1S/C15H14ClN3O3S/c1-3-11-18-19-14(23-11)17-13(21)15(2)7-8-6-9(16)4-5-10(8)12(20)22-15/h4-6H,3,7H2,1-2H3,(H,17,19,21). The first-order valence-electron chi connectivity index (χ1n) is 7.07. The van der Waals surface area contributed by atoms with E-state index in [1.54, 1.807) is 25.1 Å². The predicted molar refractivity (Wildman–Crippen MR) is 86.9 cm³/mol. The summed E-state index contributed by atoms with van der Waals surface area (Å²) in [5.74, 6) is -0.970. The minimum atomic E-state index is -1.31. The molecule has 23 heavy (non-hydrogen) atoms. The zero-order chi connectivity index (χ0) is 16.6. The highest BCUT2D eigenvalue weighted by molar-refractivity contribution is 7.15. The normalized spacial score (nSPS) is 19.9. The number of aryl methyl sites for hydroxylation is 1. The Labute approximate surface area is 141 Å². The van der Waals surface area contributed by atoms with Gasteiger partial charge in [0.1, 0.15) is 5.01 Å². The summed E-state index contributed by atoms with van der Waals surface area (Å²) in [4.78, 5) is 24.7. The summed E-state index contributed by atoms with van der Waals surface area (Å²) in [6.45, 7) is 3.53. The quantitative estimate of drug-likeness (QED) is 0.860. The molecule has 1 N–H and O–H groups in total. The number of fused-ring (bicyclic) bond motifs is 1. The van der Waals surface area contributed by atoms with Crippen molar-refractivity contribution >= 4 is 39.9 Å². The Morgan fingerprint density at radius 3 is 2.96 bits per heavy atom. The molecule has 1 aromatic heterocycles. The van der Waals surface area contributed by atoms with Gasteiger partial charge in [0.05, 0.1) is 5.56 Å². The summed E-state index contributed by atoms with van der Waals surface area (Å²) in [5, 5.41) is 12.2. The smallest absolute Gasteiger partial charge is 0.339 e. The first-order chi connectivity index (χ1) is 10.9. The number of amides is 1. The van der Waals surface area contributed by atoms with E-state index in [0.29, 0.717) is 21.3 Å². The molecule has 0 saturated heterocycles. The monoisotopic (exact) mass is 351 g/mol. The lowest BCUT2D eigenvalue weighted by Crippen LogP contribution is -2.48. The van der Waals surface area contributed by atoms with Gasteiger partial charge in [0.25, 0.3) is 5.91 Å². The lowest BCUT2D eigenvalue weighted by molar-refractivity contribution is -0.134. The second kappa shape index (κ2) is 5.90. The number of nitrogens with zero attached hydrogens (tertiary/aromatic N) is 2. The van der Waals surface area contributed by atoms with Crippen LogP contribution < -0.4 is 5.32 Å². The topological polar surface area (TPSA) is 81.2 Å². The molecular weight excluding hydrogens is 338 g/mol. The van der Waals surface area contributed by atoms with Crippen molar-refractivity contribution in [3.63, 3.8) is 0 Å². The van der Waals surface area contributed by atoms with E-state index in [1.165, 1.54) is 11.3 Å². The average molecular weight is 352 g/mol. The fraction of sp³-hybridized carbons (Fsp3) is 0.333. The van der Waals surface area contributed by atoms with Crippen LogP contribution in [0.5, 0.6) is 0 Å². The van der Waals surface area contributed by atoms with Crippen LogP contribution in [0.1, 0.15) is 34.8 Å². The number of ether oxygens (including phenoxy) is 1. The van der Waals surface area contributed by atoms with Gasteiger partial charge in [0, 0.05) is 11.4 Å². The Kier molecular flexibility index (Phi) is 4.08. The van der Waals surface area contributed by atoms with Gasteiger partial charge in [-0.3, -0.25) is 10.1 Å². The van der Waals surface area contributed by atoms with Gasteiger partial charge < -0.3 is 4.74 Å². The maximum atomic E-state index is 12.5. The fourth-order valence-electron chi connectivity index (χ4n) is 2.37. The van der Waals surface area contributed by atoms with Crippen LogP contribution in [-0.4, -0.2) is 27.7 Å². The molecule has 0 bridgehead atoms. The zero-order valence-electron chi connectivity index (χ0n) is 12.6. The number of rotatable bonds is 3. The highest BCUT2D eigenvalue weighted by atomic mass is 35.5. The van der Waals surface area contributed by atoms with E-state index < -0.39 is 17.5 Å². The molecule has 1 atom stereocenters. The summed E-state index contributed by atoms with van der Waals surface area (Å²) in [5.41, 5.74) is -0.186. The molecule has 1 aliphatic rings. The third-order valence-corrected chi connectivity index (χ3v) is 4.82. The summed E-state index contributed by atoms with van der Waals surface area (Å²) in [6, 6.07) is 4.91. The molecule has 120 valence electrons. The van der Waals surface area contributed by atoms with E-state index >= 15 is 0 Å². The van der Waals surface area contributed by atoms with Gasteiger partial charge >= 0.3 is 5.97 Å². The largest absolute Gasteiger partial charge is 0.445 e. The first kappa shape index (κ1) is 15.9. The van der Waals surface area contributed by atoms with Crippen molar-refractivity contribution in [2.45, 2.75) is 32.3 Å². The van der Waals surface area contributed by atoms with E-state index in [2.05, 4.69) is 15.5 Å². The molecule has 3 rings (SSSR count). The Balaban J connectivity index is 1.84. The summed E-state index contributed by atoms with van der Waals surface area (Å²) >= 11 is 7.27. The molecule has 0 radical (unpaired) electrons. The number of nitrogens with one attached hydrogen (secondary N) is 1. The number of carbonyl (C=O) groups is 2. The number of hydrogen-bond donors (Lipinski definition) is 1. The molecule has 0 spiro atoms. The highest BCUT2D eigenvalue weighted by Gasteiger charge is 2.43. The van der Waals surface area contributed by atoms with Crippen LogP contribution in [0.15, 0.2) is 18.2 Å². The number of anilines is 1.